The molecule has 31 heavy (non-hydrogen) atoms. The van der Waals surface area contributed by atoms with Gasteiger partial charge in [0.2, 0.25) is 11.8 Å². The van der Waals surface area contributed by atoms with Crippen molar-refractivity contribution in [2.75, 3.05) is 13.2 Å². The number of aliphatic hydroxyl groups is 1. The quantitative estimate of drug-likeness (QED) is 0.753. The highest BCUT2D eigenvalue weighted by atomic mass is 16.3. The molecule has 3 heterocycles. The Morgan fingerprint density at radius 2 is 1.97 bits per heavy atom. The highest BCUT2D eigenvalue weighted by molar-refractivity contribution is 5.83. The number of nitrogens with zero attached hydrogens (tertiary/aromatic N) is 2. The number of fused-ring (bicyclic) bond motifs is 4. The second kappa shape index (κ2) is 8.99. The van der Waals surface area contributed by atoms with Crippen molar-refractivity contribution in [1.82, 2.24) is 14.8 Å². The minimum atomic E-state index is -0.566. The first-order valence-corrected chi connectivity index (χ1v) is 11.5. The average Bonchev–Trinajstić information content (AvgIpc) is 3.02. The van der Waals surface area contributed by atoms with Crippen molar-refractivity contribution in [3.63, 3.8) is 0 Å². The zero-order valence-electron chi connectivity index (χ0n) is 18.4. The Bertz CT molecular complexity index is 931. The highest BCUT2D eigenvalue weighted by Gasteiger charge is 2.56. The Kier molecular flexibility index (Phi) is 6.32. The van der Waals surface area contributed by atoms with Crippen LogP contribution in [0.25, 0.3) is 6.08 Å². The Labute approximate surface area is 183 Å². The molecule has 3 aliphatic rings. The molecule has 4 rings (SSSR count). The smallest absolute Gasteiger partial charge is 0.258 e. The van der Waals surface area contributed by atoms with Gasteiger partial charge in [-0.25, -0.2) is 0 Å². The summed E-state index contributed by atoms with van der Waals surface area (Å²) in [5.41, 5.74) is 1.15. The van der Waals surface area contributed by atoms with E-state index in [0.29, 0.717) is 30.3 Å². The van der Waals surface area contributed by atoms with E-state index in [4.69, 9.17) is 0 Å². The summed E-state index contributed by atoms with van der Waals surface area (Å²) in [6.45, 7) is 4.10. The van der Waals surface area contributed by atoms with E-state index in [-0.39, 0.29) is 30.0 Å². The van der Waals surface area contributed by atoms with E-state index in [0.717, 1.165) is 12.8 Å². The number of amides is 2. The predicted molar refractivity (Wildman–Crippen MR) is 118 cm³/mol. The van der Waals surface area contributed by atoms with Gasteiger partial charge in [-0.1, -0.05) is 31.4 Å². The van der Waals surface area contributed by atoms with Crippen molar-refractivity contribution < 1.29 is 14.7 Å². The minimum Gasteiger partial charge on any atom is -0.396 e. The summed E-state index contributed by atoms with van der Waals surface area (Å²) in [6, 6.07) is 2.71. The molecular formula is C24H33N3O4. The third-order valence-electron chi connectivity index (χ3n) is 7.38. The molecule has 2 amide bonds. The van der Waals surface area contributed by atoms with E-state index >= 15 is 0 Å². The predicted octanol–water partition coefficient (Wildman–Crippen LogP) is 2.09. The summed E-state index contributed by atoms with van der Waals surface area (Å²) < 4.78 is 1.70. The van der Waals surface area contributed by atoms with Crippen molar-refractivity contribution in [1.29, 1.82) is 0 Å². The van der Waals surface area contributed by atoms with Crippen molar-refractivity contribution in [2.24, 2.45) is 17.8 Å². The number of hydrogen-bond donors (Lipinski definition) is 2. The fourth-order valence-corrected chi connectivity index (χ4v) is 5.91. The van der Waals surface area contributed by atoms with Gasteiger partial charge >= 0.3 is 0 Å². The van der Waals surface area contributed by atoms with Gasteiger partial charge in [0.05, 0.1) is 18.0 Å². The first-order valence-electron chi connectivity index (χ1n) is 11.5. The van der Waals surface area contributed by atoms with Gasteiger partial charge in [0.1, 0.15) is 0 Å². The topological polar surface area (TPSA) is 91.6 Å². The molecule has 4 atom stereocenters. The first kappa shape index (κ1) is 21.8. The molecule has 2 N–H and O–H groups in total. The summed E-state index contributed by atoms with van der Waals surface area (Å²) in [5.74, 6) is -0.727. The summed E-state index contributed by atoms with van der Waals surface area (Å²) in [7, 11) is 0. The molecule has 2 aliphatic heterocycles. The van der Waals surface area contributed by atoms with Gasteiger partial charge in [-0.05, 0) is 37.8 Å². The van der Waals surface area contributed by atoms with E-state index in [1.54, 1.807) is 21.6 Å². The van der Waals surface area contributed by atoms with E-state index in [1.165, 1.54) is 26.2 Å². The number of allylic oxidation sites excluding steroid dienone is 1. The number of carbonyl (C=O) groups is 2. The van der Waals surface area contributed by atoms with Gasteiger partial charge < -0.3 is 19.9 Å². The molecule has 1 saturated heterocycles. The maximum atomic E-state index is 13.4. The van der Waals surface area contributed by atoms with E-state index in [2.05, 4.69) is 5.32 Å². The van der Waals surface area contributed by atoms with Gasteiger partial charge in [0, 0.05) is 43.8 Å². The number of carbonyl (C=O) groups excluding carboxylic acids is 2. The SMILES string of the molecule is C/C=C\c1ccc2n(c1=O)C[C@@H]1[C@@H](CO)[C@H](C(=O)NCC3CCCCC3)[C@H]2N1C(C)=O. The number of hydrogen-bond acceptors (Lipinski definition) is 4. The van der Waals surface area contributed by atoms with E-state index in [1.807, 2.05) is 19.1 Å². The second-order valence-electron chi connectivity index (χ2n) is 9.19. The number of nitrogens with one attached hydrogen (secondary N) is 1. The molecule has 168 valence electrons. The molecule has 0 unspecified atom stereocenters. The van der Waals surface area contributed by atoms with Gasteiger partial charge in [-0.15, -0.1) is 0 Å². The van der Waals surface area contributed by atoms with Gasteiger partial charge in [0.15, 0.2) is 0 Å². The molecule has 1 aromatic heterocycles. The number of aromatic nitrogens is 1. The number of aliphatic hydroxyl groups excluding tert-OH is 1. The van der Waals surface area contributed by atoms with Crippen LogP contribution in [0.15, 0.2) is 23.0 Å². The summed E-state index contributed by atoms with van der Waals surface area (Å²) in [4.78, 5) is 40.7. The van der Waals surface area contributed by atoms with Crippen molar-refractivity contribution in [2.45, 2.75) is 64.6 Å². The third-order valence-corrected chi connectivity index (χ3v) is 7.38. The van der Waals surface area contributed by atoms with Crippen molar-refractivity contribution in [3.05, 3.63) is 39.8 Å². The van der Waals surface area contributed by atoms with Crippen LogP contribution < -0.4 is 10.9 Å². The van der Waals surface area contributed by atoms with Crippen LogP contribution in [0, 0.1) is 17.8 Å². The van der Waals surface area contributed by atoms with Crippen molar-refractivity contribution in [3.8, 4) is 0 Å². The normalized spacial score (nSPS) is 28.0. The molecule has 1 aromatic rings. The van der Waals surface area contributed by atoms with Crippen LogP contribution in [0.2, 0.25) is 0 Å². The van der Waals surface area contributed by atoms with Gasteiger partial charge in [0.25, 0.3) is 5.56 Å². The lowest BCUT2D eigenvalue weighted by molar-refractivity contribution is -0.134. The lowest BCUT2D eigenvalue weighted by Gasteiger charge is -2.37. The largest absolute Gasteiger partial charge is 0.396 e. The van der Waals surface area contributed by atoms with Crippen molar-refractivity contribution >= 4 is 17.9 Å². The maximum Gasteiger partial charge on any atom is 0.258 e. The van der Waals surface area contributed by atoms with E-state index in [9.17, 15) is 19.5 Å². The Balaban J connectivity index is 1.68. The zero-order valence-corrected chi connectivity index (χ0v) is 18.4. The lowest BCUT2D eigenvalue weighted by atomic mass is 9.85. The molecular weight excluding hydrogens is 394 g/mol. The molecule has 0 spiro atoms. The van der Waals surface area contributed by atoms with Crippen LogP contribution in [0.3, 0.4) is 0 Å². The van der Waals surface area contributed by atoms with Gasteiger partial charge in [-0.3, -0.25) is 14.4 Å². The van der Waals surface area contributed by atoms with Crippen LogP contribution in [0.1, 0.15) is 63.3 Å². The number of rotatable bonds is 5. The Morgan fingerprint density at radius 1 is 1.23 bits per heavy atom. The summed E-state index contributed by atoms with van der Waals surface area (Å²) >= 11 is 0. The molecule has 7 nitrogen and oxygen atoms in total. The highest BCUT2D eigenvalue weighted by Crippen LogP contribution is 2.48. The first-order chi connectivity index (χ1) is 15.0. The molecule has 0 radical (unpaired) electrons. The molecule has 0 aromatic carbocycles. The Hall–Kier alpha value is -2.41. The molecule has 2 bridgehead atoms. The van der Waals surface area contributed by atoms with E-state index < -0.39 is 17.9 Å². The fourth-order valence-electron chi connectivity index (χ4n) is 5.91. The molecule has 7 heteroatoms. The standard InChI is InChI=1S/C24H33N3O4/c1-3-7-17-10-11-19-22-21(23(30)25-12-16-8-5-4-6-9-16)18(14-28)20(27(22)15(2)29)13-26(19)24(17)31/h3,7,10-11,16,18,20-22,28H,4-6,8-9,12-14H2,1-2H3,(H,25,30)/b7-3-/t18-,20-,21+,22+/m1/s1. The average molecular weight is 428 g/mol. The van der Waals surface area contributed by atoms with Crippen LogP contribution >= 0.6 is 0 Å². The van der Waals surface area contributed by atoms with Crippen LogP contribution in [-0.4, -0.2) is 45.6 Å². The fraction of sp³-hybridized carbons (Fsp3) is 0.625. The Morgan fingerprint density at radius 3 is 2.61 bits per heavy atom. The van der Waals surface area contributed by atoms with Crippen LogP contribution in [0.4, 0.5) is 0 Å². The monoisotopic (exact) mass is 427 g/mol. The second-order valence-corrected chi connectivity index (χ2v) is 9.19. The number of pyridine rings is 1. The molecule has 2 fully saturated rings. The van der Waals surface area contributed by atoms with Gasteiger partial charge in [-0.2, -0.15) is 0 Å². The zero-order chi connectivity index (χ0) is 22.1. The summed E-state index contributed by atoms with van der Waals surface area (Å²) in [5, 5.41) is 13.3. The maximum absolute atomic E-state index is 13.4. The summed E-state index contributed by atoms with van der Waals surface area (Å²) in [6.07, 6.45) is 9.52. The molecule has 1 aliphatic carbocycles. The minimum absolute atomic E-state index is 0.117. The lowest BCUT2D eigenvalue weighted by Crippen LogP contribution is -2.48. The van der Waals surface area contributed by atoms with Crippen LogP contribution in [-0.2, 0) is 16.1 Å². The molecule has 1 saturated carbocycles. The third kappa shape index (κ3) is 3.84. The van der Waals surface area contributed by atoms with Crippen LogP contribution in [0.5, 0.6) is 0 Å².